The molecule has 96 valence electrons. The molecule has 0 saturated carbocycles. The van der Waals surface area contributed by atoms with Gasteiger partial charge in [-0.25, -0.2) is 0 Å². The Morgan fingerprint density at radius 3 is 3.00 bits per heavy atom. The van der Waals surface area contributed by atoms with Gasteiger partial charge in [0.2, 0.25) is 0 Å². The first-order valence-corrected chi connectivity index (χ1v) is 5.91. The topological polar surface area (TPSA) is 68.4 Å². The second-order valence-electron chi connectivity index (χ2n) is 3.93. The summed E-state index contributed by atoms with van der Waals surface area (Å²) in [5.41, 5.74) is 1.34. The highest BCUT2D eigenvalue weighted by molar-refractivity contribution is 5.64. The van der Waals surface area contributed by atoms with E-state index < -0.39 is 0 Å². The molecule has 5 nitrogen and oxygen atoms in total. The van der Waals surface area contributed by atoms with Gasteiger partial charge in [-0.05, 0) is 25.5 Å². The highest BCUT2D eigenvalue weighted by atomic mass is 16.5. The van der Waals surface area contributed by atoms with Crippen molar-refractivity contribution in [1.29, 1.82) is 0 Å². The highest BCUT2D eigenvalue weighted by Gasteiger charge is 2.13. The van der Waals surface area contributed by atoms with Crippen LogP contribution in [0.4, 0.5) is 0 Å². The number of phenols is 1. The molecular formula is C13H16N2O3. The second-order valence-corrected chi connectivity index (χ2v) is 3.93. The predicted octanol–water partition coefficient (Wildman–Crippen LogP) is 2.33. The fourth-order valence-electron chi connectivity index (χ4n) is 1.60. The summed E-state index contributed by atoms with van der Waals surface area (Å²) in [5.74, 6) is 1.10. The summed E-state index contributed by atoms with van der Waals surface area (Å²) in [6.45, 7) is 5.00. The zero-order valence-corrected chi connectivity index (χ0v) is 10.5. The van der Waals surface area contributed by atoms with Gasteiger partial charge in [0.25, 0.3) is 5.89 Å². The van der Waals surface area contributed by atoms with E-state index in [4.69, 9.17) is 9.26 Å². The number of hydrogen-bond donors (Lipinski definition) is 1. The van der Waals surface area contributed by atoms with Crippen LogP contribution in [0.1, 0.15) is 18.3 Å². The molecule has 1 aromatic carbocycles. The SMILES string of the molecule is CCOCCc1noc(-c2cccc(C)c2O)n1. The molecule has 0 amide bonds. The number of rotatable bonds is 5. The molecular weight excluding hydrogens is 232 g/mol. The molecule has 5 heteroatoms. The molecule has 18 heavy (non-hydrogen) atoms. The Morgan fingerprint density at radius 1 is 1.39 bits per heavy atom. The van der Waals surface area contributed by atoms with Gasteiger partial charge in [0.1, 0.15) is 5.75 Å². The lowest BCUT2D eigenvalue weighted by Gasteiger charge is -2.01. The van der Waals surface area contributed by atoms with Crippen molar-refractivity contribution >= 4 is 0 Å². The van der Waals surface area contributed by atoms with Crippen LogP contribution in [0.2, 0.25) is 0 Å². The minimum absolute atomic E-state index is 0.178. The average molecular weight is 248 g/mol. The van der Waals surface area contributed by atoms with E-state index in [1.807, 2.05) is 26.0 Å². The van der Waals surface area contributed by atoms with Gasteiger partial charge in [0.15, 0.2) is 5.82 Å². The first kappa shape index (κ1) is 12.6. The number of aromatic nitrogens is 2. The second kappa shape index (κ2) is 5.64. The number of nitrogens with zero attached hydrogens (tertiary/aromatic N) is 2. The molecule has 0 bridgehead atoms. The third-order valence-electron chi connectivity index (χ3n) is 2.61. The normalized spacial score (nSPS) is 10.8. The van der Waals surface area contributed by atoms with Gasteiger partial charge < -0.3 is 14.4 Å². The summed E-state index contributed by atoms with van der Waals surface area (Å²) in [5, 5.41) is 13.8. The Balaban J connectivity index is 2.16. The largest absolute Gasteiger partial charge is 0.507 e. The van der Waals surface area contributed by atoms with Gasteiger partial charge in [-0.15, -0.1) is 0 Å². The van der Waals surface area contributed by atoms with Crippen molar-refractivity contribution in [2.75, 3.05) is 13.2 Å². The minimum Gasteiger partial charge on any atom is -0.507 e. The van der Waals surface area contributed by atoms with Crippen molar-refractivity contribution < 1.29 is 14.4 Å². The fraction of sp³-hybridized carbons (Fsp3) is 0.385. The van der Waals surface area contributed by atoms with Crippen molar-refractivity contribution in [3.05, 3.63) is 29.6 Å². The van der Waals surface area contributed by atoms with Crippen LogP contribution in [-0.2, 0) is 11.2 Å². The summed E-state index contributed by atoms with van der Waals surface area (Å²) in [7, 11) is 0. The molecule has 0 radical (unpaired) electrons. The van der Waals surface area contributed by atoms with Crippen LogP contribution in [-0.4, -0.2) is 28.5 Å². The van der Waals surface area contributed by atoms with Crippen LogP contribution in [0.15, 0.2) is 22.7 Å². The predicted molar refractivity (Wildman–Crippen MR) is 66.3 cm³/mol. The number of para-hydroxylation sites is 1. The van der Waals surface area contributed by atoms with Crippen molar-refractivity contribution in [2.24, 2.45) is 0 Å². The van der Waals surface area contributed by atoms with Crippen molar-refractivity contribution in [3.8, 4) is 17.2 Å². The van der Waals surface area contributed by atoms with E-state index in [9.17, 15) is 5.11 Å². The maximum atomic E-state index is 9.92. The molecule has 2 rings (SSSR count). The number of phenolic OH excluding ortho intramolecular Hbond substituents is 1. The molecule has 0 saturated heterocycles. The average Bonchev–Trinajstić information content (AvgIpc) is 2.82. The van der Waals surface area contributed by atoms with E-state index in [0.717, 1.165) is 5.56 Å². The van der Waals surface area contributed by atoms with Crippen LogP contribution >= 0.6 is 0 Å². The van der Waals surface area contributed by atoms with Gasteiger partial charge >= 0.3 is 0 Å². The van der Waals surface area contributed by atoms with E-state index in [2.05, 4.69) is 10.1 Å². The quantitative estimate of drug-likeness (QED) is 0.822. The summed E-state index contributed by atoms with van der Waals surface area (Å²) in [6.07, 6.45) is 0.601. The van der Waals surface area contributed by atoms with E-state index in [1.54, 1.807) is 6.07 Å². The molecule has 0 atom stereocenters. The lowest BCUT2D eigenvalue weighted by Crippen LogP contribution is -1.99. The summed E-state index contributed by atoms with van der Waals surface area (Å²) in [4.78, 5) is 4.24. The van der Waals surface area contributed by atoms with Crippen LogP contribution in [0.25, 0.3) is 11.5 Å². The molecule has 1 N–H and O–H groups in total. The van der Waals surface area contributed by atoms with E-state index in [1.165, 1.54) is 0 Å². The Morgan fingerprint density at radius 2 is 2.22 bits per heavy atom. The van der Waals surface area contributed by atoms with Crippen molar-refractivity contribution in [2.45, 2.75) is 20.3 Å². The Bertz CT molecular complexity index is 523. The third-order valence-corrected chi connectivity index (χ3v) is 2.61. The van der Waals surface area contributed by atoms with E-state index in [-0.39, 0.29) is 5.75 Å². The molecule has 0 spiro atoms. The van der Waals surface area contributed by atoms with Crippen LogP contribution in [0.3, 0.4) is 0 Å². The lowest BCUT2D eigenvalue weighted by atomic mass is 10.1. The number of benzene rings is 1. The summed E-state index contributed by atoms with van der Waals surface area (Å²) >= 11 is 0. The van der Waals surface area contributed by atoms with Gasteiger partial charge in [-0.1, -0.05) is 17.3 Å². The monoisotopic (exact) mass is 248 g/mol. The van der Waals surface area contributed by atoms with Gasteiger partial charge in [0.05, 0.1) is 12.2 Å². The van der Waals surface area contributed by atoms with E-state index in [0.29, 0.717) is 36.9 Å². The van der Waals surface area contributed by atoms with Crippen LogP contribution < -0.4 is 0 Å². The Kier molecular flexibility index (Phi) is 3.94. The van der Waals surface area contributed by atoms with Crippen molar-refractivity contribution in [3.63, 3.8) is 0 Å². The Hall–Kier alpha value is -1.88. The molecule has 0 aliphatic heterocycles. The van der Waals surface area contributed by atoms with E-state index >= 15 is 0 Å². The van der Waals surface area contributed by atoms with Crippen LogP contribution in [0.5, 0.6) is 5.75 Å². The molecule has 0 fully saturated rings. The molecule has 1 aromatic heterocycles. The maximum Gasteiger partial charge on any atom is 0.261 e. The standard InChI is InChI=1S/C13H16N2O3/c1-3-17-8-7-11-14-13(18-15-11)10-6-4-5-9(2)12(10)16/h4-6,16H,3,7-8H2,1-2H3. The molecule has 1 heterocycles. The summed E-state index contributed by atoms with van der Waals surface area (Å²) in [6, 6.07) is 5.42. The zero-order chi connectivity index (χ0) is 13.0. The third kappa shape index (κ3) is 2.68. The maximum absolute atomic E-state index is 9.92. The zero-order valence-electron chi connectivity index (χ0n) is 10.5. The first-order valence-electron chi connectivity index (χ1n) is 5.91. The first-order chi connectivity index (χ1) is 8.72. The van der Waals surface area contributed by atoms with Crippen LogP contribution in [0, 0.1) is 6.92 Å². The lowest BCUT2D eigenvalue weighted by molar-refractivity contribution is 0.149. The van der Waals surface area contributed by atoms with Crippen molar-refractivity contribution in [1.82, 2.24) is 10.1 Å². The molecule has 0 unspecified atom stereocenters. The number of aryl methyl sites for hydroxylation is 1. The smallest absolute Gasteiger partial charge is 0.261 e. The van der Waals surface area contributed by atoms with Gasteiger partial charge in [-0.2, -0.15) is 4.98 Å². The Labute approximate surface area is 105 Å². The minimum atomic E-state index is 0.178. The number of hydrogen-bond acceptors (Lipinski definition) is 5. The highest BCUT2D eigenvalue weighted by Crippen LogP contribution is 2.30. The summed E-state index contributed by atoms with van der Waals surface area (Å²) < 4.78 is 10.4. The molecule has 0 aliphatic rings. The fourth-order valence-corrected chi connectivity index (χ4v) is 1.60. The number of aromatic hydroxyl groups is 1. The number of ether oxygens (including phenoxy) is 1. The molecule has 0 aliphatic carbocycles. The molecule has 2 aromatic rings. The van der Waals surface area contributed by atoms with Gasteiger partial charge in [0, 0.05) is 13.0 Å². The van der Waals surface area contributed by atoms with Gasteiger partial charge in [-0.3, -0.25) is 0 Å².